The highest BCUT2D eigenvalue weighted by atomic mass is 32.1. The van der Waals surface area contributed by atoms with E-state index in [0.717, 1.165) is 7.11 Å². The van der Waals surface area contributed by atoms with Gasteiger partial charge in [-0.2, -0.15) is 5.10 Å². The van der Waals surface area contributed by atoms with Crippen LogP contribution in [-0.4, -0.2) is 50.4 Å². The number of nitrogens with zero attached hydrogens (tertiary/aromatic N) is 4. The maximum Gasteiger partial charge on any atom is 0.473 e. The quantitative estimate of drug-likeness (QED) is 0.252. The van der Waals surface area contributed by atoms with Crippen LogP contribution < -0.4 is 10.6 Å². The zero-order valence-electron chi connectivity index (χ0n) is 17.1. The molecule has 0 aliphatic carbocycles. The minimum absolute atomic E-state index is 0.0438. The summed E-state index contributed by atoms with van der Waals surface area (Å²) in [4.78, 5) is 30.4. The van der Waals surface area contributed by atoms with Crippen LogP contribution in [0.2, 0.25) is 0 Å². The summed E-state index contributed by atoms with van der Waals surface area (Å²) in [5.41, 5.74) is 1.44. The van der Waals surface area contributed by atoms with Crippen LogP contribution in [0.15, 0.2) is 54.1 Å². The molecule has 0 radical (unpaired) electrons. The molecule has 0 spiro atoms. The van der Waals surface area contributed by atoms with Crippen molar-refractivity contribution in [2.75, 3.05) is 14.2 Å². The Labute approximate surface area is 187 Å². The Balaban J connectivity index is 1.69. The van der Waals surface area contributed by atoms with Crippen molar-refractivity contribution in [3.8, 4) is 10.6 Å². The van der Waals surface area contributed by atoms with Gasteiger partial charge in [-0.25, -0.2) is 14.2 Å². The Kier molecular flexibility index (Phi) is 7.62. The number of carbonyl (C=O) groups excluding carboxylic acids is 1. The van der Waals surface area contributed by atoms with Gasteiger partial charge >= 0.3 is 7.82 Å². The fourth-order valence-electron chi connectivity index (χ4n) is 2.39. The molecule has 0 fully saturated rings. The second kappa shape index (κ2) is 10.4. The molecule has 168 valence electrons. The zero-order chi connectivity index (χ0) is 23.1. The third kappa shape index (κ3) is 5.93. The number of rotatable bonds is 10. The number of hydrogen-bond donors (Lipinski definition) is 4. The van der Waals surface area contributed by atoms with Gasteiger partial charge in [0, 0.05) is 43.7 Å². The lowest BCUT2D eigenvalue weighted by Gasteiger charge is -2.10. The van der Waals surface area contributed by atoms with Gasteiger partial charge in [0.1, 0.15) is 16.4 Å². The fraction of sp³-hybridized carbons (Fsp3) is 0.167. The van der Waals surface area contributed by atoms with Crippen molar-refractivity contribution in [3.63, 3.8) is 0 Å². The molecule has 0 saturated heterocycles. The van der Waals surface area contributed by atoms with Gasteiger partial charge in [0.05, 0.1) is 17.6 Å². The predicted molar refractivity (Wildman–Crippen MR) is 117 cm³/mol. The van der Waals surface area contributed by atoms with Crippen molar-refractivity contribution >= 4 is 30.8 Å². The first-order valence-corrected chi connectivity index (χ1v) is 11.4. The van der Waals surface area contributed by atoms with Crippen LogP contribution in [-0.2, 0) is 20.3 Å². The molecule has 12 nitrogen and oxygen atoms in total. The van der Waals surface area contributed by atoms with Gasteiger partial charge in [-0.3, -0.25) is 24.2 Å². The number of allylic oxidation sites excluding steroid dienone is 1. The number of thiazole rings is 1. The van der Waals surface area contributed by atoms with Gasteiger partial charge in [0.15, 0.2) is 6.73 Å². The van der Waals surface area contributed by atoms with E-state index in [0.29, 0.717) is 16.3 Å². The zero-order valence-corrected chi connectivity index (χ0v) is 18.8. The van der Waals surface area contributed by atoms with Crippen LogP contribution >= 0.6 is 19.2 Å². The highest BCUT2D eigenvalue weighted by molar-refractivity contribution is 7.47. The smallest absolute Gasteiger partial charge is 0.392 e. The van der Waals surface area contributed by atoms with E-state index in [9.17, 15) is 14.3 Å². The Morgan fingerprint density at radius 3 is 2.91 bits per heavy atom. The molecular formula is C18H20N7O5PS. The number of phosphoric acid groups is 1. The molecule has 1 unspecified atom stereocenters. The van der Waals surface area contributed by atoms with E-state index in [4.69, 9.17) is 9.93 Å². The fourth-order valence-corrected chi connectivity index (χ4v) is 3.54. The number of amides is 1. The standard InChI is InChI=1S/C18H20N7O5PS/c1-20-8-14(16(19)13-5-3-4-6-21-13)23-17(26)15-10-32-18(24-15)12-7-22-25(9-12)11-30-31(27,28)29-2/h3-10,19-20H,11H2,1-2H3,(H,23,26)(H,27,28)/b14-8+,19-16?. The van der Waals surface area contributed by atoms with Crippen LogP contribution in [0.5, 0.6) is 0 Å². The molecule has 14 heteroatoms. The van der Waals surface area contributed by atoms with Crippen LogP contribution in [0, 0.1) is 5.41 Å². The SMILES string of the molecule is CN/C=C(/NC(=O)c1csc(-c2cnn(COP(=O)(O)OC)c2)n1)C(=N)c1ccccn1. The molecule has 1 atom stereocenters. The molecule has 0 saturated carbocycles. The summed E-state index contributed by atoms with van der Waals surface area (Å²) in [6.07, 6.45) is 6.10. The van der Waals surface area contributed by atoms with E-state index in [1.807, 2.05) is 0 Å². The summed E-state index contributed by atoms with van der Waals surface area (Å²) in [5, 5.41) is 19.9. The van der Waals surface area contributed by atoms with Gasteiger partial charge in [0.2, 0.25) is 0 Å². The summed E-state index contributed by atoms with van der Waals surface area (Å²) >= 11 is 1.22. The molecule has 3 aromatic heterocycles. The molecular weight excluding hydrogens is 457 g/mol. The van der Waals surface area contributed by atoms with Crippen LogP contribution in [0.25, 0.3) is 10.6 Å². The molecule has 3 rings (SSSR count). The van der Waals surface area contributed by atoms with E-state index < -0.39 is 13.7 Å². The van der Waals surface area contributed by atoms with E-state index in [2.05, 4.69) is 30.2 Å². The van der Waals surface area contributed by atoms with Gasteiger partial charge < -0.3 is 15.5 Å². The van der Waals surface area contributed by atoms with Gasteiger partial charge in [-0.1, -0.05) is 6.07 Å². The predicted octanol–water partition coefficient (Wildman–Crippen LogP) is 1.98. The maximum atomic E-state index is 12.7. The van der Waals surface area contributed by atoms with Crippen molar-refractivity contribution in [3.05, 3.63) is 65.5 Å². The lowest BCUT2D eigenvalue weighted by atomic mass is 10.2. The molecule has 0 aromatic carbocycles. The first-order valence-electron chi connectivity index (χ1n) is 9.03. The Morgan fingerprint density at radius 1 is 1.41 bits per heavy atom. The number of pyridine rings is 1. The molecule has 32 heavy (non-hydrogen) atoms. The van der Waals surface area contributed by atoms with Gasteiger partial charge in [-0.15, -0.1) is 11.3 Å². The third-order valence-corrected chi connectivity index (χ3v) is 5.72. The normalized spacial score (nSPS) is 13.4. The molecule has 0 aliphatic rings. The van der Waals surface area contributed by atoms with E-state index in [1.54, 1.807) is 43.0 Å². The Bertz CT molecular complexity index is 1180. The molecule has 1 amide bonds. The maximum absolute atomic E-state index is 12.7. The number of aromatic nitrogens is 4. The summed E-state index contributed by atoms with van der Waals surface area (Å²) in [5.74, 6) is -0.494. The van der Waals surface area contributed by atoms with Gasteiger partial charge in [0.25, 0.3) is 5.91 Å². The monoisotopic (exact) mass is 477 g/mol. The summed E-state index contributed by atoms with van der Waals surface area (Å²) in [6.45, 7) is -0.297. The number of phosphoric ester groups is 1. The van der Waals surface area contributed by atoms with Crippen LogP contribution in [0.3, 0.4) is 0 Å². The topological polar surface area (TPSA) is 164 Å². The van der Waals surface area contributed by atoms with E-state index >= 15 is 0 Å². The van der Waals surface area contributed by atoms with Crippen molar-refractivity contribution in [2.24, 2.45) is 0 Å². The second-order valence-corrected chi connectivity index (χ2v) is 8.53. The second-order valence-electron chi connectivity index (χ2n) is 6.11. The van der Waals surface area contributed by atoms with Gasteiger partial charge in [-0.05, 0) is 12.1 Å². The summed E-state index contributed by atoms with van der Waals surface area (Å²) in [7, 11) is -1.40. The number of carbonyl (C=O) groups is 1. The lowest BCUT2D eigenvalue weighted by Crippen LogP contribution is -2.29. The van der Waals surface area contributed by atoms with E-state index in [1.165, 1.54) is 28.4 Å². The first kappa shape index (κ1) is 23.4. The first-order chi connectivity index (χ1) is 15.3. The van der Waals surface area contributed by atoms with Crippen LogP contribution in [0.4, 0.5) is 0 Å². The highest BCUT2D eigenvalue weighted by Crippen LogP contribution is 2.42. The van der Waals surface area contributed by atoms with Crippen molar-refractivity contribution in [2.45, 2.75) is 6.73 Å². The average molecular weight is 477 g/mol. The van der Waals surface area contributed by atoms with Crippen LogP contribution in [0.1, 0.15) is 16.2 Å². The highest BCUT2D eigenvalue weighted by Gasteiger charge is 2.20. The molecule has 3 heterocycles. The lowest BCUT2D eigenvalue weighted by molar-refractivity contribution is 0.0963. The van der Waals surface area contributed by atoms with Crippen molar-refractivity contribution in [1.29, 1.82) is 5.41 Å². The van der Waals surface area contributed by atoms with Crippen molar-refractivity contribution < 1.29 is 23.3 Å². The number of nitrogens with one attached hydrogen (secondary N) is 3. The molecule has 0 aliphatic heterocycles. The molecule has 0 bridgehead atoms. The average Bonchev–Trinajstić information content (AvgIpc) is 3.47. The molecule has 3 aromatic rings. The Morgan fingerprint density at radius 2 is 2.22 bits per heavy atom. The number of hydrogen-bond acceptors (Lipinski definition) is 10. The summed E-state index contributed by atoms with van der Waals surface area (Å²) < 4.78 is 21.8. The minimum Gasteiger partial charge on any atom is -0.392 e. The Hall–Kier alpha value is -3.22. The summed E-state index contributed by atoms with van der Waals surface area (Å²) in [6, 6.07) is 5.16. The van der Waals surface area contributed by atoms with Crippen molar-refractivity contribution in [1.82, 2.24) is 30.4 Å². The third-order valence-electron chi connectivity index (χ3n) is 3.93. The van der Waals surface area contributed by atoms with E-state index in [-0.39, 0.29) is 23.8 Å². The minimum atomic E-state index is -4.12. The molecule has 4 N–H and O–H groups in total. The largest absolute Gasteiger partial charge is 0.473 e.